The number of halogens is 1. The van der Waals surface area contributed by atoms with Crippen LogP contribution in [-0.4, -0.2) is 49.8 Å². The van der Waals surface area contributed by atoms with Gasteiger partial charge in [-0.25, -0.2) is 24.1 Å². The second kappa shape index (κ2) is 5.69. The molecule has 1 aliphatic rings. The normalized spacial score (nSPS) is 20.3. The number of fused-ring (bicyclic) bond motifs is 1. The van der Waals surface area contributed by atoms with Crippen LogP contribution in [0.3, 0.4) is 0 Å². The number of pyridine rings is 1. The highest BCUT2D eigenvalue weighted by Crippen LogP contribution is 2.37. The van der Waals surface area contributed by atoms with Crippen molar-refractivity contribution in [2.24, 2.45) is 0 Å². The van der Waals surface area contributed by atoms with Gasteiger partial charge in [-0.2, -0.15) is 0 Å². The first-order chi connectivity index (χ1) is 12.0. The summed E-state index contributed by atoms with van der Waals surface area (Å²) in [6.45, 7) is 0.0204. The lowest BCUT2D eigenvalue weighted by Crippen LogP contribution is -2.36. The number of anilines is 2. The number of nitrogen functional groups attached to an aromatic ring is 1. The van der Waals surface area contributed by atoms with E-state index in [1.807, 2.05) is 0 Å². The maximum atomic E-state index is 13.9. The maximum absolute atomic E-state index is 13.9. The number of nitrogens with two attached hydrogens (primary N) is 1. The molecule has 25 heavy (non-hydrogen) atoms. The van der Waals surface area contributed by atoms with E-state index in [1.54, 1.807) is 35.6 Å². The Balaban J connectivity index is 1.90. The van der Waals surface area contributed by atoms with Gasteiger partial charge in [-0.05, 0) is 12.1 Å². The smallest absolute Gasteiger partial charge is 0.326 e. The SMILES string of the molecule is Nc1nccc(-c2c[nH]c3nccc(N4C[C@@H](F)C[C@H]4C(=O)O)c23)n1. The summed E-state index contributed by atoms with van der Waals surface area (Å²) in [5.74, 6) is -0.917. The van der Waals surface area contributed by atoms with E-state index in [9.17, 15) is 14.3 Å². The fourth-order valence-corrected chi connectivity index (χ4v) is 3.29. The Morgan fingerprint density at radius 1 is 1.36 bits per heavy atom. The molecule has 4 N–H and O–H groups in total. The number of aromatic amines is 1. The zero-order valence-electron chi connectivity index (χ0n) is 13.1. The highest BCUT2D eigenvalue weighted by molar-refractivity contribution is 6.03. The quantitative estimate of drug-likeness (QED) is 0.661. The molecule has 3 aromatic heterocycles. The number of nitrogens with one attached hydrogen (secondary N) is 1. The van der Waals surface area contributed by atoms with Crippen molar-refractivity contribution in [2.75, 3.05) is 17.2 Å². The second-order valence-corrected chi connectivity index (χ2v) is 5.90. The molecule has 0 radical (unpaired) electrons. The van der Waals surface area contributed by atoms with Crippen molar-refractivity contribution < 1.29 is 14.3 Å². The van der Waals surface area contributed by atoms with E-state index in [0.29, 0.717) is 28.0 Å². The number of nitrogens with zero attached hydrogens (tertiary/aromatic N) is 4. The Bertz CT molecular complexity index is 959. The van der Waals surface area contributed by atoms with E-state index in [-0.39, 0.29) is 18.9 Å². The van der Waals surface area contributed by atoms with Crippen molar-refractivity contribution >= 4 is 28.6 Å². The van der Waals surface area contributed by atoms with Crippen LogP contribution in [-0.2, 0) is 4.79 Å². The third kappa shape index (κ3) is 2.53. The zero-order chi connectivity index (χ0) is 17.6. The van der Waals surface area contributed by atoms with Crippen molar-refractivity contribution in [3.63, 3.8) is 0 Å². The molecular weight excluding hydrogens is 327 g/mol. The van der Waals surface area contributed by atoms with Crippen LogP contribution in [0.15, 0.2) is 30.7 Å². The minimum atomic E-state index is -1.19. The summed E-state index contributed by atoms with van der Waals surface area (Å²) in [5.41, 5.74) is 8.12. The number of carboxylic acid groups (broad SMARTS) is 1. The van der Waals surface area contributed by atoms with E-state index in [1.165, 1.54) is 0 Å². The van der Waals surface area contributed by atoms with Crippen LogP contribution in [0, 0.1) is 0 Å². The number of aliphatic carboxylic acids is 1. The topological polar surface area (TPSA) is 121 Å². The average molecular weight is 342 g/mol. The predicted molar refractivity (Wildman–Crippen MR) is 89.8 cm³/mol. The van der Waals surface area contributed by atoms with Crippen molar-refractivity contribution in [3.05, 3.63) is 30.7 Å². The lowest BCUT2D eigenvalue weighted by atomic mass is 10.1. The van der Waals surface area contributed by atoms with E-state index >= 15 is 0 Å². The largest absolute Gasteiger partial charge is 0.480 e. The molecule has 0 bridgehead atoms. The van der Waals surface area contributed by atoms with Crippen molar-refractivity contribution in [1.29, 1.82) is 0 Å². The Labute approximate surface area is 141 Å². The van der Waals surface area contributed by atoms with Gasteiger partial charge in [-0.15, -0.1) is 0 Å². The molecule has 9 heteroatoms. The van der Waals surface area contributed by atoms with Crippen LogP contribution >= 0.6 is 0 Å². The molecule has 3 aromatic rings. The summed E-state index contributed by atoms with van der Waals surface area (Å²) in [4.78, 5) is 28.5. The van der Waals surface area contributed by atoms with Crippen molar-refractivity contribution in [1.82, 2.24) is 19.9 Å². The first-order valence-corrected chi connectivity index (χ1v) is 7.73. The minimum absolute atomic E-state index is 0.0204. The number of alkyl halides is 1. The van der Waals surface area contributed by atoms with Gasteiger partial charge in [0.05, 0.1) is 23.3 Å². The van der Waals surface area contributed by atoms with Gasteiger partial charge in [0, 0.05) is 30.6 Å². The molecule has 0 saturated carbocycles. The summed E-state index contributed by atoms with van der Waals surface area (Å²) in [7, 11) is 0. The molecule has 0 aliphatic carbocycles. The number of rotatable bonds is 3. The molecule has 2 atom stereocenters. The number of aromatic nitrogens is 4. The molecule has 1 aliphatic heterocycles. The Morgan fingerprint density at radius 2 is 2.16 bits per heavy atom. The first kappa shape index (κ1) is 15.3. The van der Waals surface area contributed by atoms with E-state index in [0.717, 1.165) is 0 Å². The van der Waals surface area contributed by atoms with Crippen LogP contribution in [0.1, 0.15) is 6.42 Å². The highest BCUT2D eigenvalue weighted by Gasteiger charge is 2.38. The fraction of sp³-hybridized carbons (Fsp3) is 0.250. The van der Waals surface area contributed by atoms with E-state index in [4.69, 9.17) is 5.73 Å². The minimum Gasteiger partial charge on any atom is -0.480 e. The van der Waals surface area contributed by atoms with Gasteiger partial charge >= 0.3 is 5.97 Å². The highest BCUT2D eigenvalue weighted by atomic mass is 19.1. The van der Waals surface area contributed by atoms with Crippen LogP contribution in [0.2, 0.25) is 0 Å². The standard InChI is InChI=1S/C16H15FN6O2/c17-8-5-12(15(24)25)23(7-8)11-2-4-19-14-13(11)9(6-21-14)10-1-3-20-16(18)22-10/h1-4,6,8,12H,5,7H2,(H,19,21)(H,24,25)(H2,18,20,22)/t8-,12-/m0/s1. The van der Waals surface area contributed by atoms with Crippen LogP contribution in [0.4, 0.5) is 16.0 Å². The third-order valence-corrected chi connectivity index (χ3v) is 4.35. The molecule has 4 heterocycles. The maximum Gasteiger partial charge on any atom is 0.326 e. The average Bonchev–Trinajstić information content (AvgIpc) is 3.18. The van der Waals surface area contributed by atoms with Gasteiger partial charge in [0.15, 0.2) is 0 Å². The summed E-state index contributed by atoms with van der Waals surface area (Å²) >= 11 is 0. The zero-order valence-corrected chi connectivity index (χ0v) is 13.1. The predicted octanol–water partition coefficient (Wildman–Crippen LogP) is 1.60. The number of hydrogen-bond acceptors (Lipinski definition) is 6. The summed E-state index contributed by atoms with van der Waals surface area (Å²) in [6.07, 6.45) is 3.60. The summed E-state index contributed by atoms with van der Waals surface area (Å²) in [5, 5.41) is 10.1. The Kier molecular flexibility index (Phi) is 3.48. The van der Waals surface area contributed by atoms with Crippen LogP contribution in [0.25, 0.3) is 22.3 Å². The number of carbonyl (C=O) groups is 1. The number of carboxylic acids is 1. The van der Waals surface area contributed by atoms with Crippen LogP contribution < -0.4 is 10.6 Å². The van der Waals surface area contributed by atoms with Crippen molar-refractivity contribution in [3.8, 4) is 11.3 Å². The molecule has 0 amide bonds. The monoisotopic (exact) mass is 342 g/mol. The van der Waals surface area contributed by atoms with Gasteiger partial charge in [0.25, 0.3) is 0 Å². The van der Waals surface area contributed by atoms with Gasteiger partial charge < -0.3 is 20.7 Å². The second-order valence-electron chi connectivity index (χ2n) is 5.90. The molecule has 0 aromatic carbocycles. The third-order valence-electron chi connectivity index (χ3n) is 4.35. The molecule has 1 fully saturated rings. The molecule has 0 spiro atoms. The first-order valence-electron chi connectivity index (χ1n) is 7.73. The Hall–Kier alpha value is -3.23. The van der Waals surface area contributed by atoms with Gasteiger partial charge in [-0.1, -0.05) is 0 Å². The van der Waals surface area contributed by atoms with E-state index in [2.05, 4.69) is 19.9 Å². The molecule has 1 saturated heterocycles. The fourth-order valence-electron chi connectivity index (χ4n) is 3.29. The van der Waals surface area contributed by atoms with E-state index < -0.39 is 18.2 Å². The lowest BCUT2D eigenvalue weighted by molar-refractivity contribution is -0.138. The van der Waals surface area contributed by atoms with Crippen molar-refractivity contribution in [2.45, 2.75) is 18.6 Å². The number of hydrogen-bond donors (Lipinski definition) is 3. The van der Waals surface area contributed by atoms with Gasteiger partial charge in [0.2, 0.25) is 5.95 Å². The van der Waals surface area contributed by atoms with Crippen LogP contribution in [0.5, 0.6) is 0 Å². The summed E-state index contributed by atoms with van der Waals surface area (Å²) in [6, 6.07) is 2.48. The number of H-pyrrole nitrogens is 1. The summed E-state index contributed by atoms with van der Waals surface area (Å²) < 4.78 is 13.9. The molecule has 4 rings (SSSR count). The van der Waals surface area contributed by atoms with Gasteiger partial charge in [0.1, 0.15) is 17.9 Å². The Morgan fingerprint density at radius 3 is 2.92 bits per heavy atom. The molecular formula is C16H15FN6O2. The van der Waals surface area contributed by atoms with Gasteiger partial charge in [-0.3, -0.25) is 0 Å². The lowest BCUT2D eigenvalue weighted by Gasteiger charge is -2.24. The molecule has 8 nitrogen and oxygen atoms in total. The molecule has 128 valence electrons. The molecule has 0 unspecified atom stereocenters.